The van der Waals surface area contributed by atoms with Crippen molar-refractivity contribution in [3.8, 4) is 0 Å². The molecule has 2 fully saturated rings. The number of hydrogen-bond donors (Lipinski definition) is 0. The smallest absolute Gasteiger partial charge is 0.239 e. The molecule has 1 saturated carbocycles. The van der Waals surface area contributed by atoms with Gasteiger partial charge in [0.25, 0.3) is 0 Å². The summed E-state index contributed by atoms with van der Waals surface area (Å²) < 4.78 is 11.4. The number of nitrogens with zero attached hydrogens (tertiary/aromatic N) is 3. The zero-order valence-electron chi connectivity index (χ0n) is 16.1. The van der Waals surface area contributed by atoms with Crippen LogP contribution in [0.5, 0.6) is 0 Å². The number of methoxy groups -OCH3 is 1. The van der Waals surface area contributed by atoms with E-state index in [0.29, 0.717) is 36.1 Å². The van der Waals surface area contributed by atoms with Crippen LogP contribution < -0.4 is 0 Å². The van der Waals surface area contributed by atoms with E-state index in [1.165, 1.54) is 19.3 Å². The third-order valence-corrected chi connectivity index (χ3v) is 5.71. The van der Waals surface area contributed by atoms with Crippen LogP contribution in [-0.4, -0.2) is 40.8 Å². The summed E-state index contributed by atoms with van der Waals surface area (Å²) >= 11 is 0. The molecular weight excluding hydrogens is 318 g/mol. The summed E-state index contributed by atoms with van der Waals surface area (Å²) in [6, 6.07) is -0.162. The number of carbonyl (C=O) groups excluding carboxylic acids is 1. The van der Waals surface area contributed by atoms with E-state index in [9.17, 15) is 4.79 Å². The van der Waals surface area contributed by atoms with Gasteiger partial charge in [-0.1, -0.05) is 20.8 Å². The maximum Gasteiger partial charge on any atom is 0.239 e. The number of ether oxygens (including phenoxy) is 1. The Kier molecular flexibility index (Phi) is 5.19. The average molecular weight is 349 g/mol. The van der Waals surface area contributed by atoms with Crippen LogP contribution in [0.25, 0.3) is 0 Å². The molecule has 1 saturated heterocycles. The fourth-order valence-corrected chi connectivity index (χ4v) is 4.98. The van der Waals surface area contributed by atoms with Crippen molar-refractivity contribution >= 4 is 5.91 Å². The van der Waals surface area contributed by atoms with E-state index in [4.69, 9.17) is 9.15 Å². The summed E-state index contributed by atoms with van der Waals surface area (Å²) in [5, 5.41) is 8.53. The molecule has 1 aromatic rings. The van der Waals surface area contributed by atoms with E-state index in [0.717, 1.165) is 12.3 Å². The highest BCUT2D eigenvalue weighted by atomic mass is 16.5. The van der Waals surface area contributed by atoms with Crippen molar-refractivity contribution in [3.05, 3.63) is 11.8 Å². The van der Waals surface area contributed by atoms with Gasteiger partial charge in [-0.2, -0.15) is 0 Å². The Morgan fingerprint density at radius 3 is 2.72 bits per heavy atom. The topological polar surface area (TPSA) is 68.5 Å². The van der Waals surface area contributed by atoms with Crippen molar-refractivity contribution < 1.29 is 13.9 Å². The fourth-order valence-electron chi connectivity index (χ4n) is 4.98. The highest BCUT2D eigenvalue weighted by molar-refractivity contribution is 5.74. The van der Waals surface area contributed by atoms with Gasteiger partial charge in [-0.15, -0.1) is 10.2 Å². The highest BCUT2D eigenvalue weighted by Gasteiger charge is 2.38. The molecule has 1 aromatic heterocycles. The third kappa shape index (κ3) is 4.22. The molecule has 6 heteroatoms. The lowest BCUT2D eigenvalue weighted by Gasteiger charge is -2.38. The van der Waals surface area contributed by atoms with Crippen molar-refractivity contribution in [3.63, 3.8) is 0 Å². The van der Waals surface area contributed by atoms with Crippen LogP contribution in [0.1, 0.15) is 71.2 Å². The van der Waals surface area contributed by atoms with Crippen LogP contribution in [0, 0.1) is 17.3 Å². The number of aromatic nitrogens is 2. The standard InChI is InChI=1S/C19H31N3O3/c1-12-6-14(10-19(3,4)9-12)7-17-20-21-18(25-17)16-8-15(24-5)11-22(16)13(2)23/h12,14-16H,6-11H2,1-5H3/t12-,14+,15+,16-/m1/s1. The first-order valence-electron chi connectivity index (χ1n) is 9.39. The van der Waals surface area contributed by atoms with Gasteiger partial charge < -0.3 is 14.1 Å². The molecule has 2 heterocycles. The summed E-state index contributed by atoms with van der Waals surface area (Å²) in [5.41, 5.74) is 0.383. The number of hydrogen-bond acceptors (Lipinski definition) is 5. The summed E-state index contributed by atoms with van der Waals surface area (Å²) in [7, 11) is 1.68. The predicted octanol–water partition coefficient (Wildman–Crippen LogP) is 3.38. The Balaban J connectivity index is 1.69. The normalized spacial score (nSPS) is 32.1. The molecule has 1 aliphatic carbocycles. The average Bonchev–Trinajstić information content (AvgIpc) is 3.10. The second-order valence-electron chi connectivity index (χ2n) is 8.80. The van der Waals surface area contributed by atoms with Crippen LogP contribution in [0.15, 0.2) is 4.42 Å². The fraction of sp³-hybridized carbons (Fsp3) is 0.842. The molecular formula is C19H31N3O3. The second-order valence-corrected chi connectivity index (χ2v) is 8.80. The first kappa shape index (κ1) is 18.4. The van der Waals surface area contributed by atoms with Crippen molar-refractivity contribution in [2.24, 2.45) is 17.3 Å². The highest BCUT2D eigenvalue weighted by Crippen LogP contribution is 2.43. The van der Waals surface area contributed by atoms with Crippen molar-refractivity contribution in [1.29, 1.82) is 0 Å². The molecule has 2 aliphatic rings. The minimum Gasteiger partial charge on any atom is -0.423 e. The number of carbonyl (C=O) groups is 1. The van der Waals surface area contributed by atoms with Crippen LogP contribution in [0.3, 0.4) is 0 Å². The van der Waals surface area contributed by atoms with E-state index >= 15 is 0 Å². The molecule has 1 amide bonds. The molecule has 0 radical (unpaired) electrons. The Morgan fingerprint density at radius 1 is 1.32 bits per heavy atom. The Morgan fingerprint density at radius 2 is 2.08 bits per heavy atom. The molecule has 25 heavy (non-hydrogen) atoms. The first-order chi connectivity index (χ1) is 11.8. The maximum atomic E-state index is 11.9. The maximum absolute atomic E-state index is 11.9. The summed E-state index contributed by atoms with van der Waals surface area (Å²) in [6.07, 6.45) is 5.28. The summed E-state index contributed by atoms with van der Waals surface area (Å²) in [5.74, 6) is 2.60. The van der Waals surface area contributed by atoms with Crippen LogP contribution in [-0.2, 0) is 16.0 Å². The minimum atomic E-state index is -0.162. The molecule has 140 valence electrons. The van der Waals surface area contributed by atoms with E-state index < -0.39 is 0 Å². The molecule has 0 N–H and O–H groups in total. The van der Waals surface area contributed by atoms with E-state index in [-0.39, 0.29) is 18.1 Å². The molecule has 0 unspecified atom stereocenters. The van der Waals surface area contributed by atoms with Gasteiger partial charge in [-0.3, -0.25) is 4.79 Å². The first-order valence-corrected chi connectivity index (χ1v) is 9.39. The summed E-state index contributed by atoms with van der Waals surface area (Å²) in [4.78, 5) is 13.7. The van der Waals surface area contributed by atoms with Crippen molar-refractivity contribution in [2.45, 2.75) is 71.9 Å². The molecule has 0 bridgehead atoms. The van der Waals surface area contributed by atoms with Crippen LogP contribution in [0.4, 0.5) is 0 Å². The Hall–Kier alpha value is -1.43. The van der Waals surface area contributed by atoms with Gasteiger partial charge in [0.1, 0.15) is 6.04 Å². The molecule has 1 aliphatic heterocycles. The molecule has 3 rings (SSSR count). The second kappa shape index (κ2) is 7.06. The van der Waals surface area contributed by atoms with Gasteiger partial charge in [-0.05, 0) is 36.5 Å². The third-order valence-electron chi connectivity index (χ3n) is 5.71. The number of likely N-dealkylation sites (tertiary alicyclic amines) is 1. The van der Waals surface area contributed by atoms with Crippen molar-refractivity contribution in [2.75, 3.05) is 13.7 Å². The molecule has 0 aromatic carbocycles. The minimum absolute atomic E-state index is 0.0205. The zero-order valence-corrected chi connectivity index (χ0v) is 16.1. The number of rotatable bonds is 4. The zero-order chi connectivity index (χ0) is 18.2. The predicted molar refractivity (Wildman–Crippen MR) is 93.8 cm³/mol. The SMILES string of the molecule is CO[C@H]1C[C@H](c2nnc(C[C@@H]3C[C@@H](C)CC(C)(C)C3)o2)N(C(C)=O)C1. The van der Waals surface area contributed by atoms with E-state index in [1.807, 2.05) is 0 Å². The lowest BCUT2D eigenvalue weighted by Crippen LogP contribution is -2.29. The van der Waals surface area contributed by atoms with Crippen LogP contribution >= 0.6 is 0 Å². The number of amides is 1. The molecule has 4 atom stereocenters. The van der Waals surface area contributed by atoms with E-state index in [2.05, 4.69) is 31.0 Å². The van der Waals surface area contributed by atoms with Gasteiger partial charge >= 0.3 is 0 Å². The van der Waals surface area contributed by atoms with Gasteiger partial charge in [-0.25, -0.2) is 0 Å². The lowest BCUT2D eigenvalue weighted by atomic mass is 9.67. The van der Waals surface area contributed by atoms with Gasteiger partial charge in [0.15, 0.2) is 0 Å². The van der Waals surface area contributed by atoms with E-state index in [1.54, 1.807) is 18.9 Å². The monoisotopic (exact) mass is 349 g/mol. The summed E-state index contributed by atoms with van der Waals surface area (Å²) in [6.45, 7) is 9.20. The quantitative estimate of drug-likeness (QED) is 0.833. The van der Waals surface area contributed by atoms with Gasteiger partial charge in [0, 0.05) is 33.4 Å². The molecule has 0 spiro atoms. The van der Waals surface area contributed by atoms with Crippen LogP contribution in [0.2, 0.25) is 0 Å². The largest absolute Gasteiger partial charge is 0.423 e. The molecule has 6 nitrogen and oxygen atoms in total. The van der Waals surface area contributed by atoms with Gasteiger partial charge in [0.2, 0.25) is 17.7 Å². The van der Waals surface area contributed by atoms with Gasteiger partial charge in [0.05, 0.1) is 6.10 Å². The Bertz CT molecular complexity index is 613. The lowest BCUT2D eigenvalue weighted by molar-refractivity contribution is -0.130. The van der Waals surface area contributed by atoms with Crippen molar-refractivity contribution in [1.82, 2.24) is 15.1 Å². The Labute approximate surface area is 150 Å².